The number of aliphatic hydroxyl groups excluding tert-OH is 2. The van der Waals surface area contributed by atoms with Crippen LogP contribution in [0.4, 0.5) is 0 Å². The van der Waals surface area contributed by atoms with E-state index in [4.69, 9.17) is 0 Å². The Labute approximate surface area is 164 Å². The third-order valence-corrected chi connectivity index (χ3v) is 6.14. The first kappa shape index (κ1) is 21.7. The van der Waals surface area contributed by atoms with Crippen molar-refractivity contribution >= 4 is 5.91 Å². The highest BCUT2D eigenvalue weighted by Crippen LogP contribution is 2.50. The molecule has 0 aromatic heterocycles. The van der Waals surface area contributed by atoms with Crippen LogP contribution in [0.15, 0.2) is 23.8 Å². The van der Waals surface area contributed by atoms with Gasteiger partial charge in [0.1, 0.15) is 0 Å². The molecule has 2 fully saturated rings. The van der Waals surface area contributed by atoms with Gasteiger partial charge in [0, 0.05) is 25.8 Å². The van der Waals surface area contributed by atoms with Gasteiger partial charge in [-0.1, -0.05) is 30.7 Å². The number of fused-ring (bicyclic) bond motifs is 1. The largest absolute Gasteiger partial charge is 0.392 e. The molecule has 0 spiro atoms. The van der Waals surface area contributed by atoms with Gasteiger partial charge in [0.15, 0.2) is 0 Å². The molecule has 0 aromatic rings. The van der Waals surface area contributed by atoms with Gasteiger partial charge >= 0.3 is 0 Å². The number of aliphatic hydroxyl groups is 2. The zero-order chi connectivity index (χ0) is 19.8. The summed E-state index contributed by atoms with van der Waals surface area (Å²) in [5.41, 5.74) is 1.47. The fourth-order valence-corrected chi connectivity index (χ4v) is 4.45. The maximum atomic E-state index is 11.3. The van der Waals surface area contributed by atoms with Gasteiger partial charge in [-0.05, 0) is 56.8 Å². The number of hydrogen-bond acceptors (Lipinski definition) is 3. The molecule has 1 amide bonds. The Bertz CT molecular complexity index is 613. The van der Waals surface area contributed by atoms with Crippen molar-refractivity contribution < 1.29 is 15.0 Å². The summed E-state index contributed by atoms with van der Waals surface area (Å²) in [5.74, 6) is 7.23. The Balaban J connectivity index is 1.87. The SMILES string of the molecule is CC#CC[C@@H](C)[C@H](O)/C=C/[C@@H]1[C@H]2C/C(=C/CCCC(=O)NC)C[C@H]2C[C@H]1O. The third-order valence-electron chi connectivity index (χ3n) is 6.14. The Morgan fingerprint density at radius 3 is 2.89 bits per heavy atom. The average Bonchev–Trinajstić information content (AvgIpc) is 3.17. The lowest BCUT2D eigenvalue weighted by Crippen LogP contribution is -2.19. The van der Waals surface area contributed by atoms with Crippen molar-refractivity contribution in [2.45, 2.75) is 71.0 Å². The van der Waals surface area contributed by atoms with Crippen molar-refractivity contribution in [1.82, 2.24) is 5.32 Å². The number of carbonyl (C=O) groups is 1. The van der Waals surface area contributed by atoms with Crippen LogP contribution in [-0.4, -0.2) is 35.4 Å². The molecule has 3 N–H and O–H groups in total. The highest BCUT2D eigenvalue weighted by Gasteiger charge is 2.44. The highest BCUT2D eigenvalue weighted by molar-refractivity contribution is 5.75. The third kappa shape index (κ3) is 6.23. The average molecular weight is 374 g/mol. The maximum Gasteiger partial charge on any atom is 0.219 e. The lowest BCUT2D eigenvalue weighted by atomic mass is 9.89. The number of nitrogens with one attached hydrogen (secondary N) is 1. The van der Waals surface area contributed by atoms with Crippen molar-refractivity contribution in [3.05, 3.63) is 23.8 Å². The van der Waals surface area contributed by atoms with Crippen LogP contribution in [0.3, 0.4) is 0 Å². The second-order valence-corrected chi connectivity index (χ2v) is 8.12. The minimum absolute atomic E-state index is 0.0994. The summed E-state index contributed by atoms with van der Waals surface area (Å²) >= 11 is 0. The first-order valence-electron chi connectivity index (χ1n) is 10.3. The van der Waals surface area contributed by atoms with Crippen LogP contribution < -0.4 is 5.32 Å². The van der Waals surface area contributed by atoms with Crippen LogP contribution in [0.25, 0.3) is 0 Å². The first-order chi connectivity index (χ1) is 13.0. The molecule has 6 atom stereocenters. The summed E-state index contributed by atoms with van der Waals surface area (Å²) in [5, 5.41) is 23.4. The molecule has 0 saturated heterocycles. The van der Waals surface area contributed by atoms with E-state index in [1.165, 1.54) is 5.57 Å². The van der Waals surface area contributed by atoms with E-state index < -0.39 is 6.10 Å². The van der Waals surface area contributed by atoms with Crippen molar-refractivity contribution in [1.29, 1.82) is 0 Å². The van der Waals surface area contributed by atoms with E-state index in [2.05, 4.69) is 23.2 Å². The van der Waals surface area contributed by atoms with Gasteiger partial charge in [-0.25, -0.2) is 0 Å². The van der Waals surface area contributed by atoms with Gasteiger partial charge in [-0.3, -0.25) is 4.79 Å². The van der Waals surface area contributed by atoms with Crippen molar-refractivity contribution in [3.63, 3.8) is 0 Å². The summed E-state index contributed by atoms with van der Waals surface area (Å²) in [7, 11) is 1.67. The van der Waals surface area contributed by atoms with Crippen molar-refractivity contribution in [2.75, 3.05) is 7.05 Å². The Hall–Kier alpha value is -1.57. The molecule has 4 nitrogen and oxygen atoms in total. The van der Waals surface area contributed by atoms with E-state index in [0.29, 0.717) is 24.7 Å². The molecule has 0 bridgehead atoms. The molecule has 0 heterocycles. The van der Waals surface area contributed by atoms with E-state index in [0.717, 1.165) is 32.1 Å². The number of unbranched alkanes of at least 4 members (excludes halogenated alkanes) is 1. The molecule has 0 radical (unpaired) electrons. The molecule has 0 unspecified atom stereocenters. The number of carbonyl (C=O) groups excluding carboxylic acids is 1. The van der Waals surface area contributed by atoms with Crippen LogP contribution in [-0.2, 0) is 4.79 Å². The van der Waals surface area contributed by atoms with Gasteiger partial charge in [0.05, 0.1) is 12.2 Å². The quantitative estimate of drug-likeness (QED) is 0.348. The van der Waals surface area contributed by atoms with Gasteiger partial charge in [0.2, 0.25) is 5.91 Å². The first-order valence-corrected chi connectivity index (χ1v) is 10.3. The predicted molar refractivity (Wildman–Crippen MR) is 109 cm³/mol. The molecule has 0 aliphatic heterocycles. The molecule has 27 heavy (non-hydrogen) atoms. The van der Waals surface area contributed by atoms with E-state index in [-0.39, 0.29) is 23.8 Å². The topological polar surface area (TPSA) is 69.6 Å². The second kappa shape index (κ2) is 10.7. The molecular formula is C23H35NO3. The minimum Gasteiger partial charge on any atom is -0.392 e. The molecule has 0 aromatic carbocycles. The van der Waals surface area contributed by atoms with Crippen LogP contribution in [0.1, 0.15) is 58.8 Å². The zero-order valence-electron chi connectivity index (χ0n) is 16.9. The van der Waals surface area contributed by atoms with Gasteiger partial charge in [-0.15, -0.1) is 11.8 Å². The van der Waals surface area contributed by atoms with Gasteiger partial charge < -0.3 is 15.5 Å². The summed E-state index contributed by atoms with van der Waals surface area (Å²) < 4.78 is 0. The second-order valence-electron chi connectivity index (χ2n) is 8.12. The summed E-state index contributed by atoms with van der Waals surface area (Å²) in [6, 6.07) is 0. The van der Waals surface area contributed by atoms with Crippen LogP contribution in [0, 0.1) is 35.5 Å². The number of allylic oxidation sites excluding steroid dienone is 2. The minimum atomic E-state index is -0.516. The van der Waals surface area contributed by atoms with Crippen molar-refractivity contribution in [2.24, 2.45) is 23.7 Å². The molecule has 2 aliphatic rings. The van der Waals surface area contributed by atoms with E-state index in [9.17, 15) is 15.0 Å². The number of amides is 1. The molecule has 2 rings (SSSR count). The molecular weight excluding hydrogens is 338 g/mol. The van der Waals surface area contributed by atoms with Gasteiger partial charge in [-0.2, -0.15) is 0 Å². The fourth-order valence-electron chi connectivity index (χ4n) is 4.45. The lowest BCUT2D eigenvalue weighted by molar-refractivity contribution is -0.120. The van der Waals surface area contributed by atoms with Crippen LogP contribution in [0.5, 0.6) is 0 Å². The van der Waals surface area contributed by atoms with E-state index in [1.807, 2.05) is 26.0 Å². The monoisotopic (exact) mass is 373 g/mol. The molecule has 2 aliphatic carbocycles. The van der Waals surface area contributed by atoms with E-state index in [1.54, 1.807) is 7.05 Å². The van der Waals surface area contributed by atoms with Crippen LogP contribution in [0.2, 0.25) is 0 Å². The fraction of sp³-hybridized carbons (Fsp3) is 0.696. The highest BCUT2D eigenvalue weighted by atomic mass is 16.3. The molecule has 2 saturated carbocycles. The molecule has 150 valence electrons. The van der Waals surface area contributed by atoms with E-state index >= 15 is 0 Å². The Kier molecular flexibility index (Phi) is 8.60. The Morgan fingerprint density at radius 1 is 1.41 bits per heavy atom. The predicted octanol–water partition coefficient (Wildman–Crippen LogP) is 3.20. The number of rotatable bonds is 8. The van der Waals surface area contributed by atoms with Crippen molar-refractivity contribution in [3.8, 4) is 11.8 Å². The summed E-state index contributed by atoms with van der Waals surface area (Å²) in [6.07, 6.45) is 11.4. The smallest absolute Gasteiger partial charge is 0.219 e. The molecule has 4 heteroatoms. The summed E-state index contributed by atoms with van der Waals surface area (Å²) in [4.78, 5) is 11.3. The maximum absolute atomic E-state index is 11.3. The zero-order valence-corrected chi connectivity index (χ0v) is 16.9. The van der Waals surface area contributed by atoms with Gasteiger partial charge in [0.25, 0.3) is 0 Å². The van der Waals surface area contributed by atoms with Crippen LogP contribution >= 0.6 is 0 Å². The lowest BCUT2D eigenvalue weighted by Gasteiger charge is -2.19. The summed E-state index contributed by atoms with van der Waals surface area (Å²) in [6.45, 7) is 3.82. The number of hydrogen-bond donors (Lipinski definition) is 3. The Morgan fingerprint density at radius 2 is 2.19 bits per heavy atom. The normalized spacial score (nSPS) is 30.8. The standard InChI is InChI=1S/C23H35NO3/c1-4-5-8-16(2)21(25)12-11-19-20-14-17(13-18(20)15-22(19)26)9-6-7-10-23(27)24-3/h9,11-12,16,18-22,25-26H,6-8,10,13-15H2,1-3H3,(H,24,27)/b12-11+,17-9+/t16-,18+,19-,20+,21-,22-/m1/s1.